The molecule has 0 radical (unpaired) electrons. The van der Waals surface area contributed by atoms with Gasteiger partial charge in [-0.3, -0.25) is 9.69 Å². The highest BCUT2D eigenvalue weighted by Gasteiger charge is 2.51. The number of benzene rings is 3. The molecule has 1 N–H and O–H groups in total. The Morgan fingerprint density at radius 1 is 0.889 bits per heavy atom. The van der Waals surface area contributed by atoms with Gasteiger partial charge in [0, 0.05) is 23.8 Å². The lowest BCUT2D eigenvalue weighted by Crippen LogP contribution is -2.51. The first kappa shape index (κ1) is 23.8. The smallest absolute Gasteiger partial charge is 0.325 e. The van der Waals surface area contributed by atoms with Crippen molar-refractivity contribution in [2.75, 3.05) is 6.61 Å². The first-order valence-electron chi connectivity index (χ1n) is 12.0. The van der Waals surface area contributed by atoms with E-state index in [4.69, 9.17) is 9.72 Å². The van der Waals surface area contributed by atoms with Crippen molar-refractivity contribution < 1.29 is 14.3 Å². The Morgan fingerprint density at radius 2 is 1.50 bits per heavy atom. The van der Waals surface area contributed by atoms with E-state index >= 15 is 0 Å². The number of thiazole rings is 1. The molecule has 0 atom stereocenters. The van der Waals surface area contributed by atoms with Gasteiger partial charge in [-0.1, -0.05) is 60.7 Å². The van der Waals surface area contributed by atoms with Crippen LogP contribution in [-0.4, -0.2) is 34.0 Å². The van der Waals surface area contributed by atoms with Crippen LogP contribution in [0, 0.1) is 0 Å². The molecule has 1 aromatic heterocycles. The van der Waals surface area contributed by atoms with Crippen LogP contribution in [0.1, 0.15) is 23.7 Å². The standard InChI is InChI=1S/C29H27N3O3S/c1-2-35-25-15-13-23(14-16-25)26-30-24(20-36-26)19-32-27(33)29(31-28(32)34,17-21-9-5-3-6-10-21)18-22-11-7-4-8-12-22/h3-16,20H,2,17-19H2,1H3,(H,31,34). The minimum atomic E-state index is -1.05. The molecule has 3 aromatic carbocycles. The van der Waals surface area contributed by atoms with Gasteiger partial charge in [-0.15, -0.1) is 11.3 Å². The zero-order chi connectivity index (χ0) is 25.0. The average molecular weight is 498 g/mol. The summed E-state index contributed by atoms with van der Waals surface area (Å²) >= 11 is 1.49. The molecular formula is C29H27N3O3S. The van der Waals surface area contributed by atoms with Crippen LogP contribution in [0.5, 0.6) is 5.75 Å². The number of amides is 3. The van der Waals surface area contributed by atoms with Crippen molar-refractivity contribution in [3.8, 4) is 16.3 Å². The Morgan fingerprint density at radius 3 is 2.08 bits per heavy atom. The highest BCUT2D eigenvalue weighted by Crippen LogP contribution is 2.30. The van der Waals surface area contributed by atoms with Gasteiger partial charge < -0.3 is 10.1 Å². The van der Waals surface area contributed by atoms with E-state index in [-0.39, 0.29) is 18.5 Å². The lowest BCUT2D eigenvalue weighted by molar-refractivity contribution is -0.131. The molecule has 2 heterocycles. The summed E-state index contributed by atoms with van der Waals surface area (Å²) in [5.74, 6) is 0.585. The van der Waals surface area contributed by atoms with E-state index in [1.54, 1.807) is 0 Å². The van der Waals surface area contributed by atoms with Crippen molar-refractivity contribution in [1.29, 1.82) is 0 Å². The number of urea groups is 1. The number of aromatic nitrogens is 1. The quantitative estimate of drug-likeness (QED) is 0.311. The normalized spacial score (nSPS) is 14.6. The molecule has 7 heteroatoms. The molecule has 5 rings (SSSR count). The molecule has 1 aliphatic heterocycles. The summed E-state index contributed by atoms with van der Waals surface area (Å²) in [6.45, 7) is 2.69. The third-order valence-electron chi connectivity index (χ3n) is 6.23. The molecule has 0 spiro atoms. The van der Waals surface area contributed by atoms with Gasteiger partial charge in [0.25, 0.3) is 5.91 Å². The van der Waals surface area contributed by atoms with Crippen molar-refractivity contribution in [3.63, 3.8) is 0 Å². The van der Waals surface area contributed by atoms with Crippen LogP contribution >= 0.6 is 11.3 Å². The number of nitrogens with zero attached hydrogens (tertiary/aromatic N) is 2. The largest absolute Gasteiger partial charge is 0.494 e. The predicted octanol–water partition coefficient (Wildman–Crippen LogP) is 5.48. The van der Waals surface area contributed by atoms with Gasteiger partial charge >= 0.3 is 6.03 Å². The van der Waals surface area contributed by atoms with Gasteiger partial charge in [0.2, 0.25) is 0 Å². The summed E-state index contributed by atoms with van der Waals surface area (Å²) in [7, 11) is 0. The Labute approximate surface area is 214 Å². The third kappa shape index (κ3) is 5.02. The van der Waals surface area contributed by atoms with Crippen molar-refractivity contribution in [3.05, 3.63) is 107 Å². The molecule has 1 aliphatic rings. The summed E-state index contributed by atoms with van der Waals surface area (Å²) in [4.78, 5) is 33.0. The van der Waals surface area contributed by atoms with Gasteiger partial charge in [-0.25, -0.2) is 9.78 Å². The first-order valence-corrected chi connectivity index (χ1v) is 12.8. The second kappa shape index (κ2) is 10.3. The number of ether oxygens (including phenoxy) is 1. The minimum Gasteiger partial charge on any atom is -0.494 e. The van der Waals surface area contributed by atoms with Crippen molar-refractivity contribution in [2.24, 2.45) is 0 Å². The maximum absolute atomic E-state index is 13.8. The molecule has 6 nitrogen and oxygen atoms in total. The van der Waals surface area contributed by atoms with Crippen LogP contribution in [0.15, 0.2) is 90.3 Å². The Bertz CT molecular complexity index is 1300. The number of hydrogen-bond donors (Lipinski definition) is 1. The maximum atomic E-state index is 13.8. The minimum absolute atomic E-state index is 0.128. The van der Waals surface area contributed by atoms with Crippen LogP contribution in [-0.2, 0) is 24.2 Å². The van der Waals surface area contributed by atoms with Gasteiger partial charge in [0.05, 0.1) is 18.8 Å². The summed E-state index contributed by atoms with van der Waals surface area (Å²) < 4.78 is 5.51. The number of rotatable bonds is 9. The fourth-order valence-electron chi connectivity index (χ4n) is 4.55. The average Bonchev–Trinajstić information content (AvgIpc) is 3.45. The molecule has 0 aliphatic carbocycles. The highest BCUT2D eigenvalue weighted by molar-refractivity contribution is 7.13. The van der Waals surface area contributed by atoms with Gasteiger partial charge in [0.1, 0.15) is 16.3 Å². The van der Waals surface area contributed by atoms with E-state index < -0.39 is 5.54 Å². The molecule has 4 aromatic rings. The first-order chi connectivity index (χ1) is 17.6. The summed E-state index contributed by atoms with van der Waals surface area (Å²) in [5, 5.41) is 5.78. The number of carbonyl (C=O) groups is 2. The van der Waals surface area contributed by atoms with Gasteiger partial charge in [-0.2, -0.15) is 0 Å². The van der Waals surface area contributed by atoms with Crippen LogP contribution in [0.4, 0.5) is 4.79 Å². The van der Waals surface area contributed by atoms with Crippen LogP contribution in [0.2, 0.25) is 0 Å². The molecule has 1 fully saturated rings. The topological polar surface area (TPSA) is 71.5 Å². The third-order valence-corrected chi connectivity index (χ3v) is 7.17. The molecule has 3 amide bonds. The van der Waals surface area contributed by atoms with Gasteiger partial charge in [0.15, 0.2) is 0 Å². The lowest BCUT2D eigenvalue weighted by atomic mass is 9.84. The summed E-state index contributed by atoms with van der Waals surface area (Å²) in [5.41, 5.74) is 2.59. The van der Waals surface area contributed by atoms with E-state index in [1.807, 2.05) is 97.2 Å². The van der Waals surface area contributed by atoms with E-state index in [0.29, 0.717) is 25.1 Å². The van der Waals surface area contributed by atoms with Crippen molar-refractivity contribution >= 4 is 23.3 Å². The fourth-order valence-corrected chi connectivity index (χ4v) is 5.36. The Hall–Kier alpha value is -3.97. The monoisotopic (exact) mass is 497 g/mol. The lowest BCUT2D eigenvalue weighted by Gasteiger charge is -2.27. The van der Waals surface area contributed by atoms with Crippen LogP contribution in [0.3, 0.4) is 0 Å². The fraction of sp³-hybridized carbons (Fsp3) is 0.207. The molecular weight excluding hydrogens is 470 g/mol. The number of nitrogens with one attached hydrogen (secondary N) is 1. The van der Waals surface area contributed by atoms with Gasteiger partial charge in [-0.05, 0) is 42.3 Å². The Balaban J connectivity index is 1.38. The molecule has 0 bridgehead atoms. The second-order valence-corrected chi connectivity index (χ2v) is 9.69. The zero-order valence-electron chi connectivity index (χ0n) is 20.0. The Kier molecular flexibility index (Phi) is 6.82. The van der Waals surface area contributed by atoms with Crippen LogP contribution in [0.25, 0.3) is 10.6 Å². The van der Waals surface area contributed by atoms with Crippen LogP contribution < -0.4 is 10.1 Å². The van der Waals surface area contributed by atoms with Crippen molar-refractivity contribution in [2.45, 2.75) is 31.8 Å². The summed E-state index contributed by atoms with van der Waals surface area (Å²) in [6, 6.07) is 27.0. The van der Waals surface area contributed by atoms with E-state index in [9.17, 15) is 9.59 Å². The van der Waals surface area contributed by atoms with E-state index in [0.717, 1.165) is 27.4 Å². The zero-order valence-corrected chi connectivity index (χ0v) is 20.8. The van der Waals surface area contributed by atoms with E-state index in [2.05, 4.69) is 5.32 Å². The highest BCUT2D eigenvalue weighted by atomic mass is 32.1. The molecule has 0 unspecified atom stereocenters. The second-order valence-electron chi connectivity index (χ2n) is 8.83. The predicted molar refractivity (Wildman–Crippen MR) is 141 cm³/mol. The van der Waals surface area contributed by atoms with Crippen molar-refractivity contribution in [1.82, 2.24) is 15.2 Å². The number of carbonyl (C=O) groups excluding carboxylic acids is 2. The summed E-state index contributed by atoms with van der Waals surface area (Å²) in [6.07, 6.45) is 0.830. The molecule has 36 heavy (non-hydrogen) atoms. The molecule has 0 saturated carbocycles. The maximum Gasteiger partial charge on any atom is 0.325 e. The number of hydrogen-bond acceptors (Lipinski definition) is 5. The van der Waals surface area contributed by atoms with E-state index in [1.165, 1.54) is 16.2 Å². The number of imide groups is 1. The molecule has 182 valence electrons. The molecule has 1 saturated heterocycles. The SMILES string of the molecule is CCOc1ccc(-c2nc(CN3C(=O)NC(Cc4ccccc4)(Cc4ccccc4)C3=O)cs2)cc1.